The van der Waals surface area contributed by atoms with Crippen LogP contribution in [0.1, 0.15) is 24.5 Å². The van der Waals surface area contributed by atoms with E-state index in [2.05, 4.69) is 22.5 Å². The Kier molecular flexibility index (Phi) is 7.21. The molecule has 0 amide bonds. The number of hydrogen-bond donors (Lipinski definition) is 1. The van der Waals surface area contributed by atoms with E-state index >= 15 is 0 Å². The monoisotopic (exact) mass is 561 g/mol. The molecule has 39 heavy (non-hydrogen) atoms. The van der Waals surface area contributed by atoms with Gasteiger partial charge in [0.1, 0.15) is 5.75 Å². The fraction of sp³-hybridized carbons (Fsp3) is 0.393. The highest BCUT2D eigenvalue weighted by Gasteiger charge is 2.70. The summed E-state index contributed by atoms with van der Waals surface area (Å²) in [7, 11) is 3.27. The van der Waals surface area contributed by atoms with Gasteiger partial charge in [-0.1, -0.05) is 24.3 Å². The maximum Gasteiger partial charge on any atom is 0.416 e. The van der Waals surface area contributed by atoms with Crippen molar-refractivity contribution < 1.29 is 32.2 Å². The second-order valence-corrected chi connectivity index (χ2v) is 10.9. The number of nitrogens with zero attached hydrogens (tertiary/aromatic N) is 2. The molecule has 3 aliphatic heterocycles. The molecule has 0 saturated carbocycles. The summed E-state index contributed by atoms with van der Waals surface area (Å²) < 4.78 is 56.1. The van der Waals surface area contributed by atoms with Gasteiger partial charge in [-0.05, 0) is 75.3 Å². The van der Waals surface area contributed by atoms with E-state index in [9.17, 15) is 18.0 Å². The van der Waals surface area contributed by atoms with E-state index in [1.807, 2.05) is 44.3 Å². The number of nitrogens with one attached hydrogen (secondary N) is 1. The fourth-order valence-electron chi connectivity index (χ4n) is 5.14. The molecule has 0 aromatic heterocycles. The lowest BCUT2D eigenvalue weighted by molar-refractivity contribution is -0.341. The molecule has 1 aliphatic carbocycles. The highest BCUT2D eigenvalue weighted by Crippen LogP contribution is 2.55. The summed E-state index contributed by atoms with van der Waals surface area (Å²) in [6, 6.07) is 10.9. The Labute approximate surface area is 229 Å². The Balaban J connectivity index is 1.33. The molecule has 2 aromatic rings. The number of alkyl halides is 3. The maximum absolute atomic E-state index is 13.1. The molecule has 3 saturated heterocycles. The summed E-state index contributed by atoms with van der Waals surface area (Å²) in [4.78, 5) is 14.8. The average molecular weight is 562 g/mol. The van der Waals surface area contributed by atoms with E-state index in [1.54, 1.807) is 23.7 Å². The van der Waals surface area contributed by atoms with Gasteiger partial charge in [-0.3, -0.25) is 5.01 Å². The Morgan fingerprint density at radius 1 is 1.23 bits per heavy atom. The number of hydrogen-bond acceptors (Lipinski definition) is 8. The fourth-order valence-corrected chi connectivity index (χ4v) is 6.39. The third kappa shape index (κ3) is 4.82. The molecule has 11 heteroatoms. The van der Waals surface area contributed by atoms with Gasteiger partial charge in [0.05, 0.1) is 23.8 Å². The summed E-state index contributed by atoms with van der Waals surface area (Å²) in [5.41, 5.74) is 3.78. The molecule has 4 atom stereocenters. The molecular weight excluding hydrogens is 531 g/mol. The molecule has 208 valence electrons. The zero-order valence-corrected chi connectivity index (χ0v) is 22.8. The Morgan fingerprint density at radius 3 is 2.56 bits per heavy atom. The topological polar surface area (TPSA) is 63.3 Å². The Morgan fingerprint density at radius 2 is 1.97 bits per heavy atom. The highest BCUT2D eigenvalue weighted by atomic mass is 32.2. The molecule has 2 bridgehead atoms. The van der Waals surface area contributed by atoms with Crippen LogP contribution in [0.4, 0.5) is 18.9 Å². The first-order valence-electron chi connectivity index (χ1n) is 12.5. The number of allylic oxidation sites excluding steroid dienone is 3. The van der Waals surface area contributed by atoms with Crippen LogP contribution < -0.4 is 15.2 Å². The number of carbonyl (C=O) groups excluding carboxylic acids is 1. The van der Waals surface area contributed by atoms with Crippen molar-refractivity contribution in [3.8, 4) is 5.75 Å². The quantitative estimate of drug-likeness (QED) is 0.336. The number of fused-ring (bicyclic) bond motifs is 1. The van der Waals surface area contributed by atoms with Gasteiger partial charge in [0, 0.05) is 10.6 Å². The average Bonchev–Trinajstić information content (AvgIpc) is 3.48. The summed E-state index contributed by atoms with van der Waals surface area (Å²) >= 11 is 1.67. The molecule has 4 aliphatic rings. The van der Waals surface area contributed by atoms with Crippen LogP contribution in [0.3, 0.4) is 0 Å². The van der Waals surface area contributed by atoms with Crippen molar-refractivity contribution in [2.45, 2.75) is 49.6 Å². The lowest BCUT2D eigenvalue weighted by Gasteiger charge is -2.55. The lowest BCUT2D eigenvalue weighted by Crippen LogP contribution is -2.72. The number of thioether (sulfide) groups is 1. The summed E-state index contributed by atoms with van der Waals surface area (Å²) in [5, 5.41) is 1.78. The van der Waals surface area contributed by atoms with E-state index in [4.69, 9.17) is 14.2 Å². The van der Waals surface area contributed by atoms with Crippen LogP contribution in [0, 0.1) is 12.3 Å². The second kappa shape index (κ2) is 10.2. The molecule has 4 unspecified atom stereocenters. The van der Waals surface area contributed by atoms with Crippen LogP contribution in [0.2, 0.25) is 0 Å². The molecule has 2 aromatic carbocycles. The van der Waals surface area contributed by atoms with Crippen LogP contribution in [-0.4, -0.2) is 49.1 Å². The number of halogens is 3. The number of methoxy groups -OCH3 is 1. The molecule has 0 spiro atoms. The zero-order valence-electron chi connectivity index (χ0n) is 22.0. The predicted molar refractivity (Wildman–Crippen MR) is 142 cm³/mol. The van der Waals surface area contributed by atoms with Crippen molar-refractivity contribution in [3.05, 3.63) is 77.9 Å². The molecule has 6 rings (SSSR count). The van der Waals surface area contributed by atoms with Crippen LogP contribution in [0.15, 0.2) is 71.7 Å². The smallest absolute Gasteiger partial charge is 0.416 e. The minimum absolute atomic E-state index is 0.441. The van der Waals surface area contributed by atoms with Gasteiger partial charge < -0.3 is 14.2 Å². The van der Waals surface area contributed by atoms with Crippen LogP contribution in [-0.2, 0) is 20.4 Å². The number of esters is 1. The minimum Gasteiger partial charge on any atom is -0.479 e. The number of ether oxygens (including phenoxy) is 3. The highest BCUT2D eigenvalue weighted by molar-refractivity contribution is 7.99. The van der Waals surface area contributed by atoms with Crippen molar-refractivity contribution in [1.82, 2.24) is 10.3 Å². The van der Waals surface area contributed by atoms with E-state index in [0.717, 1.165) is 22.6 Å². The Hall–Kier alpha value is -2.99. The first kappa shape index (κ1) is 27.6. The first-order valence-corrected chi connectivity index (χ1v) is 13.5. The maximum atomic E-state index is 13.1. The van der Waals surface area contributed by atoms with Gasteiger partial charge in [-0.25, -0.2) is 9.69 Å². The number of anilines is 1. The molecule has 1 N–H and O–H groups in total. The lowest BCUT2D eigenvalue weighted by atomic mass is 9.76. The normalized spacial score (nSPS) is 26.8. The van der Waals surface area contributed by atoms with Gasteiger partial charge in [-0.15, -0.1) is 11.8 Å². The van der Waals surface area contributed by atoms with E-state index in [-0.39, 0.29) is 0 Å². The number of aryl methyl sites for hydroxylation is 1. The van der Waals surface area contributed by atoms with E-state index < -0.39 is 41.4 Å². The van der Waals surface area contributed by atoms with Crippen molar-refractivity contribution in [2.75, 3.05) is 24.9 Å². The van der Waals surface area contributed by atoms with Gasteiger partial charge >= 0.3 is 12.1 Å². The molecule has 3 fully saturated rings. The number of benzene rings is 2. The zero-order chi connectivity index (χ0) is 28.0. The van der Waals surface area contributed by atoms with Crippen LogP contribution in [0.25, 0.3) is 0 Å². The van der Waals surface area contributed by atoms with E-state index in [1.165, 1.54) is 19.2 Å². The summed E-state index contributed by atoms with van der Waals surface area (Å²) in [6.07, 6.45) is 3.39. The summed E-state index contributed by atoms with van der Waals surface area (Å²) in [6.45, 7) is 3.57. The van der Waals surface area contributed by atoms with Crippen LogP contribution >= 0.6 is 11.8 Å². The number of rotatable bonds is 8. The second-order valence-electron chi connectivity index (χ2n) is 9.87. The van der Waals surface area contributed by atoms with Gasteiger partial charge in [0.15, 0.2) is 6.10 Å². The van der Waals surface area contributed by atoms with Crippen molar-refractivity contribution >= 4 is 23.4 Å². The van der Waals surface area contributed by atoms with E-state index in [0.29, 0.717) is 23.6 Å². The largest absolute Gasteiger partial charge is 0.479 e. The standard InChI is InChI=1S/C28H30F3N3O4S/c1-18-16-22(12-13-23(18)37-19(2)24(35)36-4)39-17-26(14-6-5-7-15-26)28-32-34(25(38-28)33(28)3)21-10-8-20(9-11-21)27(29,30)31/h5-14,16,19,25,32H,15,17H2,1-4H3. The number of carbonyl (C=O) groups is 1. The molecule has 0 radical (unpaired) electrons. The summed E-state index contributed by atoms with van der Waals surface area (Å²) in [5.74, 6) is -0.0382. The van der Waals surface area contributed by atoms with Gasteiger partial charge in [0.2, 0.25) is 12.2 Å². The minimum atomic E-state index is -4.39. The third-order valence-electron chi connectivity index (χ3n) is 7.37. The van der Waals surface area contributed by atoms with Crippen molar-refractivity contribution in [3.63, 3.8) is 0 Å². The Bertz CT molecular complexity index is 1300. The van der Waals surface area contributed by atoms with Crippen molar-refractivity contribution in [2.24, 2.45) is 5.41 Å². The third-order valence-corrected chi connectivity index (χ3v) is 8.62. The van der Waals surface area contributed by atoms with Crippen molar-refractivity contribution in [1.29, 1.82) is 0 Å². The first-order chi connectivity index (χ1) is 18.5. The molecular formula is C28H30F3N3O4S. The SMILES string of the molecule is COC(=O)C(C)Oc1ccc(SCC2(C34NN(c5ccc(C(F)(F)F)cc5)C(O3)N4C)C=CC=CC2)cc1C. The molecule has 3 heterocycles. The number of hydrazine groups is 1. The molecule has 7 nitrogen and oxygen atoms in total. The predicted octanol–water partition coefficient (Wildman–Crippen LogP) is 5.47. The van der Waals surface area contributed by atoms with Gasteiger partial charge in [-0.2, -0.15) is 18.6 Å². The van der Waals surface area contributed by atoms with Gasteiger partial charge in [0.25, 0.3) is 0 Å². The van der Waals surface area contributed by atoms with Crippen LogP contribution in [0.5, 0.6) is 5.75 Å².